The quantitative estimate of drug-likeness (QED) is 0.473. The van der Waals surface area contributed by atoms with Crippen LogP contribution in [0.15, 0.2) is 0 Å². The van der Waals surface area contributed by atoms with Gasteiger partial charge in [0.05, 0.1) is 18.3 Å². The molecule has 0 aromatic rings. The summed E-state index contributed by atoms with van der Waals surface area (Å²) in [5, 5.41) is 51.7. The third-order valence-corrected chi connectivity index (χ3v) is 10.3. The monoisotopic (exact) mass is 424 g/mol. The molecule has 4 rings (SSSR count). The fraction of sp³-hybridized carbons (Fsp3) is 0.958. The standard InChI is InChI=1S/C24H40O6/c1-12(8-19(28)22(29)30)16-11-18(27)21-20-15(5-7-24(16,21)3)23(2)6-4-14(25)9-13(23)10-17(20)26/h12-21,25-28H,4-11H2,1-3H3,(H,29,30)/t12-,13+,14-,15?,16-,17-,18+,19-,20+,21+,23+,24-/m1/s1. The second kappa shape index (κ2) is 7.72. The number of hydrogen-bond acceptors (Lipinski definition) is 5. The van der Waals surface area contributed by atoms with E-state index in [0.717, 1.165) is 32.1 Å². The summed E-state index contributed by atoms with van der Waals surface area (Å²) in [6.45, 7) is 6.57. The molecule has 0 heterocycles. The van der Waals surface area contributed by atoms with Gasteiger partial charge in [-0.3, -0.25) is 0 Å². The maximum Gasteiger partial charge on any atom is 0.332 e. The molecule has 0 aliphatic heterocycles. The molecule has 172 valence electrons. The van der Waals surface area contributed by atoms with Crippen molar-refractivity contribution < 1.29 is 30.3 Å². The summed E-state index contributed by atoms with van der Waals surface area (Å²) in [4.78, 5) is 11.1. The Hall–Kier alpha value is -0.690. The van der Waals surface area contributed by atoms with Gasteiger partial charge in [0.1, 0.15) is 0 Å². The molecule has 1 unspecified atom stereocenters. The molecule has 30 heavy (non-hydrogen) atoms. The van der Waals surface area contributed by atoms with Crippen molar-refractivity contribution in [2.45, 2.75) is 96.6 Å². The van der Waals surface area contributed by atoms with Crippen LogP contribution in [-0.2, 0) is 4.79 Å². The zero-order valence-electron chi connectivity index (χ0n) is 18.6. The van der Waals surface area contributed by atoms with Crippen molar-refractivity contribution in [2.24, 2.45) is 46.3 Å². The van der Waals surface area contributed by atoms with Crippen LogP contribution in [0.25, 0.3) is 0 Å². The molecular formula is C24H40O6. The maximum absolute atomic E-state index is 11.3. The van der Waals surface area contributed by atoms with Crippen LogP contribution in [0.4, 0.5) is 0 Å². The average Bonchev–Trinajstić information content (AvgIpc) is 2.94. The number of carboxylic acids is 1. The second-order valence-electron chi connectivity index (χ2n) is 11.7. The summed E-state index contributed by atoms with van der Waals surface area (Å²) >= 11 is 0. The first kappa shape index (κ1) is 22.5. The van der Waals surface area contributed by atoms with E-state index in [0.29, 0.717) is 24.7 Å². The Labute approximate surface area is 179 Å². The number of fused-ring (bicyclic) bond motifs is 5. The van der Waals surface area contributed by atoms with E-state index in [9.17, 15) is 25.2 Å². The van der Waals surface area contributed by atoms with Gasteiger partial charge in [-0.25, -0.2) is 4.79 Å². The van der Waals surface area contributed by atoms with E-state index in [4.69, 9.17) is 5.11 Å². The second-order valence-corrected chi connectivity index (χ2v) is 11.7. The van der Waals surface area contributed by atoms with Gasteiger partial charge in [-0.05, 0) is 97.7 Å². The SMILES string of the molecule is C[C@H](C[C@@H](O)C(=O)O)[C@H]1C[C@H](O)[C@H]2[C@H]3C(CC[C@@]21C)[C@@]1(C)CC[C@@H](O)C[C@H]1C[C@H]3O. The van der Waals surface area contributed by atoms with Gasteiger partial charge in [-0.2, -0.15) is 0 Å². The molecule has 4 fully saturated rings. The van der Waals surface area contributed by atoms with Crippen LogP contribution in [0.3, 0.4) is 0 Å². The molecule has 6 nitrogen and oxygen atoms in total. The van der Waals surface area contributed by atoms with E-state index in [1.54, 1.807) is 0 Å². The van der Waals surface area contributed by atoms with Crippen LogP contribution in [0, 0.1) is 46.3 Å². The highest BCUT2D eigenvalue weighted by molar-refractivity contribution is 5.71. The van der Waals surface area contributed by atoms with Gasteiger partial charge in [0, 0.05) is 0 Å². The molecule has 0 radical (unpaired) electrons. The third kappa shape index (κ3) is 3.33. The van der Waals surface area contributed by atoms with E-state index < -0.39 is 24.3 Å². The minimum atomic E-state index is -1.37. The summed E-state index contributed by atoms with van der Waals surface area (Å²) in [5.74, 6) is -0.315. The van der Waals surface area contributed by atoms with Gasteiger partial charge < -0.3 is 25.5 Å². The van der Waals surface area contributed by atoms with Crippen molar-refractivity contribution in [2.75, 3.05) is 0 Å². The van der Waals surface area contributed by atoms with E-state index in [1.807, 2.05) is 6.92 Å². The van der Waals surface area contributed by atoms with Crippen LogP contribution in [0.1, 0.15) is 72.1 Å². The van der Waals surface area contributed by atoms with Gasteiger partial charge >= 0.3 is 5.97 Å². The van der Waals surface area contributed by atoms with Crippen LogP contribution < -0.4 is 0 Å². The molecule has 12 atom stereocenters. The minimum absolute atomic E-state index is 0.00490. The lowest BCUT2D eigenvalue weighted by Gasteiger charge is -2.62. The first-order chi connectivity index (χ1) is 14.0. The number of hydrogen-bond donors (Lipinski definition) is 5. The molecular weight excluding hydrogens is 384 g/mol. The molecule has 5 N–H and O–H groups in total. The fourth-order valence-corrected chi connectivity index (χ4v) is 8.80. The summed E-state index contributed by atoms with van der Waals surface area (Å²) in [5.41, 5.74) is -0.0516. The smallest absolute Gasteiger partial charge is 0.332 e. The van der Waals surface area contributed by atoms with Crippen molar-refractivity contribution in [3.8, 4) is 0 Å². The summed E-state index contributed by atoms with van der Waals surface area (Å²) < 4.78 is 0. The van der Waals surface area contributed by atoms with Crippen LogP contribution in [-0.4, -0.2) is 55.9 Å². The molecule has 0 saturated heterocycles. The molecule has 0 amide bonds. The van der Waals surface area contributed by atoms with Crippen molar-refractivity contribution in [3.05, 3.63) is 0 Å². The number of aliphatic hydroxyl groups excluding tert-OH is 4. The zero-order valence-corrected chi connectivity index (χ0v) is 18.6. The molecule has 0 aromatic carbocycles. The number of aliphatic hydroxyl groups is 4. The maximum atomic E-state index is 11.3. The number of rotatable bonds is 4. The molecule has 0 aromatic heterocycles. The van der Waals surface area contributed by atoms with E-state index >= 15 is 0 Å². The van der Waals surface area contributed by atoms with E-state index in [2.05, 4.69) is 13.8 Å². The Kier molecular flexibility index (Phi) is 5.79. The lowest BCUT2D eigenvalue weighted by Crippen LogP contribution is -2.60. The van der Waals surface area contributed by atoms with Gasteiger partial charge in [0.25, 0.3) is 0 Å². The first-order valence-electron chi connectivity index (χ1n) is 11.9. The highest BCUT2D eigenvalue weighted by Gasteiger charge is 2.65. The molecule has 4 saturated carbocycles. The topological polar surface area (TPSA) is 118 Å². The van der Waals surface area contributed by atoms with Crippen molar-refractivity contribution in [1.29, 1.82) is 0 Å². The van der Waals surface area contributed by atoms with Gasteiger partial charge in [-0.1, -0.05) is 20.8 Å². The zero-order chi connectivity index (χ0) is 22.0. The van der Waals surface area contributed by atoms with E-state index in [-0.39, 0.29) is 47.0 Å². The van der Waals surface area contributed by atoms with Gasteiger partial charge in [-0.15, -0.1) is 0 Å². The van der Waals surface area contributed by atoms with E-state index in [1.165, 1.54) is 0 Å². The highest BCUT2D eigenvalue weighted by Crippen LogP contribution is 2.68. The molecule has 0 spiro atoms. The van der Waals surface area contributed by atoms with Gasteiger partial charge in [0.15, 0.2) is 6.10 Å². The Morgan fingerprint density at radius 2 is 1.67 bits per heavy atom. The van der Waals surface area contributed by atoms with Gasteiger partial charge in [0.2, 0.25) is 0 Å². The lowest BCUT2D eigenvalue weighted by atomic mass is 9.43. The highest BCUT2D eigenvalue weighted by atomic mass is 16.4. The number of carbonyl (C=O) groups is 1. The summed E-state index contributed by atoms with van der Waals surface area (Å²) in [6.07, 6.45) is 3.47. The Morgan fingerprint density at radius 3 is 2.33 bits per heavy atom. The average molecular weight is 425 g/mol. The Balaban J connectivity index is 1.60. The third-order valence-electron chi connectivity index (χ3n) is 10.3. The summed E-state index contributed by atoms with van der Waals surface area (Å²) in [6, 6.07) is 0. The predicted molar refractivity (Wildman–Crippen MR) is 111 cm³/mol. The van der Waals surface area contributed by atoms with Crippen LogP contribution >= 0.6 is 0 Å². The Bertz CT molecular complexity index is 668. The Morgan fingerprint density at radius 1 is 1.00 bits per heavy atom. The largest absolute Gasteiger partial charge is 0.479 e. The van der Waals surface area contributed by atoms with Crippen LogP contribution in [0.5, 0.6) is 0 Å². The van der Waals surface area contributed by atoms with Crippen molar-refractivity contribution in [3.63, 3.8) is 0 Å². The summed E-state index contributed by atoms with van der Waals surface area (Å²) in [7, 11) is 0. The molecule has 0 bridgehead atoms. The minimum Gasteiger partial charge on any atom is -0.479 e. The predicted octanol–water partition coefficient (Wildman–Crippen LogP) is 2.42. The fourth-order valence-electron chi connectivity index (χ4n) is 8.80. The first-order valence-corrected chi connectivity index (χ1v) is 11.9. The number of aliphatic carboxylic acids is 1. The molecule has 4 aliphatic carbocycles. The number of carboxylic acid groups (broad SMARTS) is 1. The van der Waals surface area contributed by atoms with Crippen LogP contribution in [0.2, 0.25) is 0 Å². The molecule has 4 aliphatic rings. The normalized spacial score (nSPS) is 52.6. The molecule has 6 heteroatoms. The van der Waals surface area contributed by atoms with Crippen molar-refractivity contribution in [1.82, 2.24) is 0 Å². The lowest BCUT2D eigenvalue weighted by molar-refractivity contribution is -0.185. The van der Waals surface area contributed by atoms with Crippen molar-refractivity contribution >= 4 is 5.97 Å².